The van der Waals surface area contributed by atoms with Crippen molar-refractivity contribution in [2.24, 2.45) is 5.92 Å². The fraction of sp³-hybridized carbons (Fsp3) is 0.857. The number of alkyl halides is 16. The van der Waals surface area contributed by atoms with Gasteiger partial charge >= 0.3 is 60.3 Å². The molecule has 0 amide bonds. The van der Waals surface area contributed by atoms with E-state index in [1.807, 2.05) is 0 Å². The van der Waals surface area contributed by atoms with E-state index in [9.17, 15) is 79.8 Å². The van der Waals surface area contributed by atoms with Gasteiger partial charge in [-0.05, 0) is 0 Å². The van der Waals surface area contributed by atoms with E-state index in [1.54, 1.807) is 0 Å². The summed E-state index contributed by atoms with van der Waals surface area (Å²) in [6, 6.07) is 0. The lowest BCUT2D eigenvalue weighted by molar-refractivity contribution is -0.345. The minimum atomic E-state index is -7.00. The predicted molar refractivity (Wildman–Crippen MR) is 73.0 cm³/mol. The van der Waals surface area contributed by atoms with Crippen LogP contribution in [0.2, 0.25) is 0 Å². The van der Waals surface area contributed by atoms with Crippen molar-refractivity contribution in [3.05, 3.63) is 0 Å². The molecule has 0 rings (SSSR count). The molecule has 0 spiro atoms. The lowest BCUT2D eigenvalue weighted by Gasteiger charge is -2.34. The first-order chi connectivity index (χ1) is 14.8. The van der Waals surface area contributed by atoms with E-state index in [0.717, 1.165) is 0 Å². The van der Waals surface area contributed by atoms with Gasteiger partial charge in [0.25, 0.3) is 0 Å². The van der Waals surface area contributed by atoms with Crippen LogP contribution in [0.5, 0.6) is 0 Å². The van der Waals surface area contributed by atoms with Crippen molar-refractivity contribution in [2.75, 3.05) is 6.61 Å². The third-order valence-corrected chi connectivity index (χ3v) is 3.96. The zero-order chi connectivity index (χ0) is 27.7. The van der Waals surface area contributed by atoms with Crippen LogP contribution >= 0.6 is 0 Å². The molecule has 0 heterocycles. The van der Waals surface area contributed by atoms with Crippen LogP contribution in [-0.2, 0) is 14.3 Å². The molecule has 0 aromatic heterocycles. The van der Waals surface area contributed by atoms with E-state index in [1.165, 1.54) is 0 Å². The lowest BCUT2D eigenvalue weighted by atomic mass is 9.91. The van der Waals surface area contributed by atoms with Crippen LogP contribution in [0, 0.1) is 5.92 Å². The van der Waals surface area contributed by atoms with E-state index < -0.39 is 85.7 Å². The first kappa shape index (κ1) is 31.8. The van der Waals surface area contributed by atoms with Crippen molar-refractivity contribution in [1.29, 1.82) is 0 Å². The monoisotopic (exact) mass is 546 g/mol. The van der Waals surface area contributed by atoms with Crippen LogP contribution in [0.15, 0.2) is 0 Å². The number of carboxylic acid groups (broad SMARTS) is 1. The Morgan fingerprint density at radius 1 is 0.676 bits per heavy atom. The van der Waals surface area contributed by atoms with Gasteiger partial charge in [-0.3, -0.25) is 9.59 Å². The highest BCUT2D eigenvalue weighted by Gasteiger charge is 2.77. The molecule has 202 valence electrons. The van der Waals surface area contributed by atoms with Gasteiger partial charge in [-0.25, -0.2) is 17.6 Å². The van der Waals surface area contributed by atoms with Crippen LogP contribution in [-0.4, -0.2) is 72.0 Å². The molecule has 0 aliphatic heterocycles. The third kappa shape index (κ3) is 5.89. The minimum Gasteiger partial charge on any atom is -0.481 e. The van der Waals surface area contributed by atoms with Gasteiger partial charge in [0.15, 0.2) is 6.61 Å². The Kier molecular flexibility index (Phi) is 9.19. The summed E-state index contributed by atoms with van der Waals surface area (Å²) in [6.45, 7) is -3.33. The number of carbonyl (C=O) groups is 2. The van der Waals surface area contributed by atoms with E-state index in [4.69, 9.17) is 5.11 Å². The van der Waals surface area contributed by atoms with Gasteiger partial charge in [-0.2, -0.15) is 52.7 Å². The molecule has 0 aliphatic rings. The number of esters is 1. The normalized spacial score (nSPS) is 15.6. The Morgan fingerprint density at radius 3 is 1.35 bits per heavy atom. The summed E-state index contributed by atoms with van der Waals surface area (Å²) in [5, 5.41) is 8.45. The number of aliphatic carboxylic acids is 1. The van der Waals surface area contributed by atoms with Gasteiger partial charge in [0.1, 0.15) is 0 Å². The van der Waals surface area contributed by atoms with Crippen LogP contribution in [0.4, 0.5) is 70.2 Å². The van der Waals surface area contributed by atoms with Crippen molar-refractivity contribution in [3.8, 4) is 0 Å². The van der Waals surface area contributed by atoms with Crippen molar-refractivity contribution in [2.45, 2.75) is 61.2 Å². The van der Waals surface area contributed by atoms with Crippen molar-refractivity contribution < 1.29 is 89.7 Å². The third-order valence-electron chi connectivity index (χ3n) is 3.96. The van der Waals surface area contributed by atoms with Crippen LogP contribution in [0.1, 0.15) is 12.8 Å². The van der Waals surface area contributed by atoms with Crippen LogP contribution in [0.3, 0.4) is 0 Å². The predicted octanol–water partition coefficient (Wildman–Crippen LogP) is 5.35. The number of carboxylic acids is 1. The van der Waals surface area contributed by atoms with Gasteiger partial charge in [0, 0.05) is 6.42 Å². The smallest absolute Gasteiger partial charge is 0.381 e. The van der Waals surface area contributed by atoms with E-state index in [2.05, 4.69) is 4.74 Å². The molecule has 0 bridgehead atoms. The molecule has 0 saturated heterocycles. The minimum absolute atomic E-state index is 2.15. The Balaban J connectivity index is 5.87. The summed E-state index contributed by atoms with van der Waals surface area (Å²) in [5.74, 6) is -49.0. The second-order valence-electron chi connectivity index (χ2n) is 6.51. The summed E-state index contributed by atoms with van der Waals surface area (Å²) < 4.78 is 209. The number of halogens is 16. The highest BCUT2D eigenvalue weighted by atomic mass is 19.4. The summed E-state index contributed by atoms with van der Waals surface area (Å²) >= 11 is 0. The van der Waals surface area contributed by atoms with Crippen molar-refractivity contribution >= 4 is 11.9 Å². The topological polar surface area (TPSA) is 63.6 Å². The zero-order valence-corrected chi connectivity index (χ0v) is 15.6. The Morgan fingerprint density at radius 2 is 1.03 bits per heavy atom. The SMILES string of the molecule is O=C(O)CC(CC(F)(F)C(F)(F)C(F)(F)C(F)F)C(=O)OCC(F)(F)C(F)(F)C(F)(F)C(F)F. The first-order valence-corrected chi connectivity index (χ1v) is 8.01. The highest BCUT2D eigenvalue weighted by molar-refractivity contribution is 5.79. The first-order valence-electron chi connectivity index (χ1n) is 8.01. The van der Waals surface area contributed by atoms with Gasteiger partial charge in [-0.15, -0.1) is 0 Å². The number of hydrogen-bond donors (Lipinski definition) is 1. The molecule has 0 radical (unpaired) electrons. The second-order valence-corrected chi connectivity index (χ2v) is 6.51. The zero-order valence-electron chi connectivity index (χ0n) is 15.6. The van der Waals surface area contributed by atoms with E-state index in [0.29, 0.717) is 0 Å². The molecule has 4 nitrogen and oxygen atoms in total. The van der Waals surface area contributed by atoms with Crippen LogP contribution in [0.25, 0.3) is 0 Å². The number of rotatable bonds is 13. The number of carbonyl (C=O) groups excluding carboxylic acids is 1. The Labute approximate surface area is 176 Å². The maximum absolute atomic E-state index is 13.6. The Bertz CT molecular complexity index is 735. The number of ether oxygens (including phenoxy) is 1. The van der Waals surface area contributed by atoms with Gasteiger partial charge in [0.05, 0.1) is 12.3 Å². The van der Waals surface area contributed by atoms with Crippen molar-refractivity contribution in [3.63, 3.8) is 0 Å². The summed E-state index contributed by atoms with van der Waals surface area (Å²) in [7, 11) is 0. The van der Waals surface area contributed by atoms with E-state index in [-0.39, 0.29) is 0 Å². The maximum atomic E-state index is 13.6. The average molecular weight is 546 g/mol. The molecule has 0 saturated carbocycles. The van der Waals surface area contributed by atoms with Crippen molar-refractivity contribution in [1.82, 2.24) is 0 Å². The van der Waals surface area contributed by atoms with E-state index >= 15 is 0 Å². The molecule has 34 heavy (non-hydrogen) atoms. The lowest BCUT2D eigenvalue weighted by Crippen LogP contribution is -2.59. The largest absolute Gasteiger partial charge is 0.481 e. The fourth-order valence-corrected chi connectivity index (χ4v) is 2.02. The molecule has 1 N–H and O–H groups in total. The number of hydrogen-bond acceptors (Lipinski definition) is 3. The second kappa shape index (κ2) is 9.82. The maximum Gasteiger partial charge on any atom is 0.381 e. The molecular weight excluding hydrogens is 536 g/mol. The molecule has 1 unspecified atom stereocenters. The Hall–Kier alpha value is -2.18. The standard InChI is InChI=1S/C14H10F16O4/c15-7(16)11(23,24)13(27,28)9(19,20)2-4(1-5(31)32)6(33)34-3-10(21,22)14(29,30)12(25,26)8(17)18/h4,7-8H,1-3H2,(H,31,32). The molecule has 0 aromatic carbocycles. The van der Waals surface area contributed by atoms with Gasteiger partial charge in [0.2, 0.25) is 0 Å². The molecular formula is C14H10F16O4. The summed E-state index contributed by atoms with van der Waals surface area (Å²) in [5.41, 5.74) is 0. The quantitative estimate of drug-likeness (QED) is 0.250. The molecule has 20 heteroatoms. The summed E-state index contributed by atoms with van der Waals surface area (Å²) in [4.78, 5) is 22.1. The van der Waals surface area contributed by atoms with Crippen LogP contribution < -0.4 is 0 Å². The van der Waals surface area contributed by atoms with Gasteiger partial charge in [-0.1, -0.05) is 0 Å². The molecule has 0 aliphatic carbocycles. The average Bonchev–Trinajstić information content (AvgIpc) is 2.63. The molecule has 0 aromatic rings. The fourth-order valence-electron chi connectivity index (χ4n) is 2.02. The molecule has 1 atom stereocenters. The van der Waals surface area contributed by atoms with Gasteiger partial charge < -0.3 is 9.84 Å². The highest BCUT2D eigenvalue weighted by Crippen LogP contribution is 2.51. The summed E-state index contributed by atoms with van der Waals surface area (Å²) in [6.07, 6.45) is -16.1. The molecule has 0 fully saturated rings.